The normalized spacial score (nSPS) is 11.2. The second kappa shape index (κ2) is 6.21. The van der Waals surface area contributed by atoms with Gasteiger partial charge in [0, 0.05) is 22.5 Å². The minimum atomic E-state index is -0.433. The highest BCUT2D eigenvalue weighted by Crippen LogP contribution is 2.35. The number of nitrogens with one attached hydrogen (secondary N) is 1. The molecule has 0 fully saturated rings. The van der Waals surface area contributed by atoms with Crippen molar-refractivity contribution < 1.29 is 9.18 Å². The first-order valence-electron chi connectivity index (χ1n) is 6.26. The first-order valence-corrected chi connectivity index (χ1v) is 7.45. The molecule has 0 radical (unpaired) electrons. The zero-order valence-electron chi connectivity index (χ0n) is 11.1. The molecule has 0 saturated heterocycles. The zero-order valence-corrected chi connectivity index (χ0v) is 12.7. The molecule has 0 aliphatic rings. The van der Waals surface area contributed by atoms with Crippen LogP contribution in [0.3, 0.4) is 0 Å². The van der Waals surface area contributed by atoms with Crippen molar-refractivity contribution in [3.63, 3.8) is 0 Å². The minimum Gasteiger partial charge on any atom is -0.266 e. The summed E-state index contributed by atoms with van der Waals surface area (Å²) in [5.41, 5.74) is 3.21. The van der Waals surface area contributed by atoms with Crippen LogP contribution in [0.5, 0.6) is 0 Å². The van der Waals surface area contributed by atoms with Crippen molar-refractivity contribution in [1.29, 1.82) is 0 Å². The van der Waals surface area contributed by atoms with Crippen LogP contribution in [0.2, 0.25) is 5.02 Å². The Balaban J connectivity index is 1.80. The zero-order chi connectivity index (χ0) is 15.5. The van der Waals surface area contributed by atoms with Crippen LogP contribution >= 0.6 is 22.9 Å². The van der Waals surface area contributed by atoms with Crippen LogP contribution in [0, 0.1) is 5.82 Å². The van der Waals surface area contributed by atoms with Crippen LogP contribution in [0.25, 0.3) is 10.1 Å². The minimum absolute atomic E-state index is 0.300. The Morgan fingerprint density at radius 2 is 2.09 bits per heavy atom. The third-order valence-electron chi connectivity index (χ3n) is 2.88. The van der Waals surface area contributed by atoms with Crippen molar-refractivity contribution in [1.82, 2.24) is 10.4 Å². The maximum atomic E-state index is 13.2. The Morgan fingerprint density at radius 3 is 2.86 bits per heavy atom. The number of aromatic nitrogens is 1. The number of pyridine rings is 1. The van der Waals surface area contributed by atoms with E-state index in [2.05, 4.69) is 15.5 Å². The van der Waals surface area contributed by atoms with Gasteiger partial charge in [-0.25, -0.2) is 9.82 Å². The van der Waals surface area contributed by atoms with E-state index in [9.17, 15) is 9.18 Å². The summed E-state index contributed by atoms with van der Waals surface area (Å²) in [4.78, 5) is 16.3. The molecule has 0 aliphatic carbocycles. The molecule has 2 aromatic heterocycles. The fourth-order valence-electron chi connectivity index (χ4n) is 1.85. The molecule has 3 rings (SSSR count). The van der Waals surface area contributed by atoms with Gasteiger partial charge in [-0.2, -0.15) is 5.10 Å². The smallest absolute Gasteiger partial charge is 0.266 e. The Morgan fingerprint density at radius 1 is 1.32 bits per heavy atom. The topological polar surface area (TPSA) is 54.4 Å². The summed E-state index contributed by atoms with van der Waals surface area (Å²) in [6.45, 7) is 0. The number of carbonyl (C=O) groups is 1. The van der Waals surface area contributed by atoms with Gasteiger partial charge in [-0.05, 0) is 35.9 Å². The summed E-state index contributed by atoms with van der Waals surface area (Å²) in [5.74, 6) is -0.801. The summed E-state index contributed by atoms with van der Waals surface area (Å²) >= 11 is 7.29. The second-order valence-corrected chi connectivity index (χ2v) is 5.80. The molecule has 110 valence electrons. The quantitative estimate of drug-likeness (QED) is 0.584. The van der Waals surface area contributed by atoms with Crippen molar-refractivity contribution in [2.45, 2.75) is 0 Å². The van der Waals surface area contributed by atoms with Crippen LogP contribution < -0.4 is 5.43 Å². The van der Waals surface area contributed by atoms with Crippen LogP contribution in [0.4, 0.5) is 4.39 Å². The van der Waals surface area contributed by atoms with Gasteiger partial charge in [-0.3, -0.25) is 9.78 Å². The maximum absolute atomic E-state index is 13.2. The lowest BCUT2D eigenvalue weighted by Gasteiger charge is -1.97. The van der Waals surface area contributed by atoms with Gasteiger partial charge in [0.1, 0.15) is 10.7 Å². The Labute approximate surface area is 134 Å². The molecule has 7 heteroatoms. The number of rotatable bonds is 3. The van der Waals surface area contributed by atoms with Crippen molar-refractivity contribution in [2.24, 2.45) is 5.10 Å². The monoisotopic (exact) mass is 333 g/mol. The van der Waals surface area contributed by atoms with Gasteiger partial charge < -0.3 is 0 Å². The van der Waals surface area contributed by atoms with Crippen LogP contribution in [0.15, 0.2) is 47.8 Å². The standard InChI is InChI=1S/C15H9ClFN3OS/c16-13-11-2-1-10(17)7-12(11)22-14(13)15(21)20-19-8-9-3-5-18-6-4-9/h1-8H,(H,20,21). The van der Waals surface area contributed by atoms with E-state index >= 15 is 0 Å². The number of hydrogen-bond donors (Lipinski definition) is 1. The SMILES string of the molecule is O=C(NN=Cc1ccncc1)c1sc2cc(F)ccc2c1Cl. The Bertz CT molecular complexity index is 864. The second-order valence-electron chi connectivity index (χ2n) is 4.37. The lowest BCUT2D eigenvalue weighted by Crippen LogP contribution is -2.16. The summed E-state index contributed by atoms with van der Waals surface area (Å²) < 4.78 is 13.8. The number of carbonyl (C=O) groups excluding carboxylic acids is 1. The summed E-state index contributed by atoms with van der Waals surface area (Å²) in [6.07, 6.45) is 4.75. The highest BCUT2D eigenvalue weighted by Gasteiger charge is 2.17. The molecule has 0 saturated carbocycles. The number of fused-ring (bicyclic) bond motifs is 1. The molecule has 0 aliphatic heterocycles. The predicted octanol–water partition coefficient (Wildman–Crippen LogP) is 3.85. The molecule has 0 spiro atoms. The first-order chi connectivity index (χ1) is 10.6. The van der Waals surface area contributed by atoms with Crippen LogP contribution in [-0.2, 0) is 0 Å². The van der Waals surface area contributed by atoms with E-state index < -0.39 is 5.91 Å². The number of benzene rings is 1. The van der Waals surface area contributed by atoms with Gasteiger partial charge >= 0.3 is 0 Å². The highest BCUT2D eigenvalue weighted by molar-refractivity contribution is 7.21. The average Bonchev–Trinajstić information content (AvgIpc) is 2.84. The summed E-state index contributed by atoms with van der Waals surface area (Å²) in [6, 6.07) is 7.73. The number of hydrogen-bond acceptors (Lipinski definition) is 4. The fourth-order valence-corrected chi connectivity index (χ4v) is 3.28. The van der Waals surface area contributed by atoms with Crippen molar-refractivity contribution in [2.75, 3.05) is 0 Å². The molecule has 0 bridgehead atoms. The molecule has 3 aromatic rings. The van der Waals surface area contributed by atoms with E-state index in [-0.39, 0.29) is 5.82 Å². The number of thiophene rings is 1. The molecule has 0 unspecified atom stereocenters. The van der Waals surface area contributed by atoms with Crippen LogP contribution in [0.1, 0.15) is 15.2 Å². The van der Waals surface area contributed by atoms with Crippen molar-refractivity contribution in [3.05, 3.63) is 64.0 Å². The van der Waals surface area contributed by atoms with Gasteiger partial charge in [-0.1, -0.05) is 11.6 Å². The molecule has 1 N–H and O–H groups in total. The van der Waals surface area contributed by atoms with E-state index in [0.29, 0.717) is 20.0 Å². The van der Waals surface area contributed by atoms with Gasteiger partial charge in [0.25, 0.3) is 5.91 Å². The number of halogens is 2. The van der Waals surface area contributed by atoms with E-state index in [1.54, 1.807) is 30.6 Å². The average molecular weight is 334 g/mol. The third-order valence-corrected chi connectivity index (χ3v) is 4.54. The molecular formula is C15H9ClFN3OS. The summed E-state index contributed by atoms with van der Waals surface area (Å²) in [7, 11) is 0. The lowest BCUT2D eigenvalue weighted by molar-refractivity contribution is 0.0959. The maximum Gasteiger partial charge on any atom is 0.283 e. The molecule has 1 amide bonds. The molecular weight excluding hydrogens is 325 g/mol. The first kappa shape index (κ1) is 14.6. The Kier molecular flexibility index (Phi) is 4.13. The van der Waals surface area contributed by atoms with Gasteiger partial charge in [0.05, 0.1) is 11.2 Å². The summed E-state index contributed by atoms with van der Waals surface area (Å²) in [5, 5.41) is 4.82. The van der Waals surface area contributed by atoms with Crippen LogP contribution in [-0.4, -0.2) is 17.1 Å². The molecule has 22 heavy (non-hydrogen) atoms. The molecule has 0 atom stereocenters. The highest BCUT2D eigenvalue weighted by atomic mass is 35.5. The van der Waals surface area contributed by atoms with Crippen molar-refractivity contribution in [3.8, 4) is 0 Å². The third kappa shape index (κ3) is 2.98. The number of hydrazone groups is 1. The van der Waals surface area contributed by atoms with E-state index in [0.717, 1.165) is 16.9 Å². The fraction of sp³-hybridized carbons (Fsp3) is 0. The molecule has 4 nitrogen and oxygen atoms in total. The van der Waals surface area contributed by atoms with Gasteiger partial charge in [-0.15, -0.1) is 11.3 Å². The van der Waals surface area contributed by atoms with E-state index in [1.807, 2.05) is 0 Å². The van der Waals surface area contributed by atoms with E-state index in [4.69, 9.17) is 11.6 Å². The van der Waals surface area contributed by atoms with E-state index in [1.165, 1.54) is 18.3 Å². The van der Waals surface area contributed by atoms with Crippen molar-refractivity contribution >= 4 is 45.1 Å². The molecule has 1 aromatic carbocycles. The van der Waals surface area contributed by atoms with Gasteiger partial charge in [0.2, 0.25) is 0 Å². The predicted molar refractivity (Wildman–Crippen MR) is 86.1 cm³/mol. The lowest BCUT2D eigenvalue weighted by atomic mass is 10.2. The largest absolute Gasteiger partial charge is 0.283 e. The number of nitrogens with zero attached hydrogens (tertiary/aromatic N) is 2. The Hall–Kier alpha value is -2.31. The van der Waals surface area contributed by atoms with Gasteiger partial charge in [0.15, 0.2) is 0 Å². The molecule has 2 heterocycles. The number of amides is 1.